The number of ketones is 1. The van der Waals surface area contributed by atoms with Crippen LogP contribution >= 0.6 is 0 Å². The van der Waals surface area contributed by atoms with E-state index in [1.807, 2.05) is 48.2 Å². The standard InChI is InChI=1S/C30H32N4O4/c1-19-11-28(33-30-10-5-22(15-31)16-32-30)27-14-25(8-9-29(27)34(19)20(2)37)24-6-3-21(4-7-24)12-26(38)13-23(17-35)18-36/h3-10,14,16,19,23,28,35-36H,11-13,17-18H2,1-2H3,(H,32,33)/t19-,28+/m0/s1. The van der Waals surface area contributed by atoms with Crippen LogP contribution in [0.15, 0.2) is 60.8 Å². The number of nitriles is 1. The van der Waals surface area contributed by atoms with Gasteiger partial charge in [-0.2, -0.15) is 5.26 Å². The van der Waals surface area contributed by atoms with Crippen LogP contribution in [0, 0.1) is 17.2 Å². The van der Waals surface area contributed by atoms with Gasteiger partial charge < -0.3 is 20.4 Å². The summed E-state index contributed by atoms with van der Waals surface area (Å²) in [6, 6.07) is 19.3. The minimum Gasteiger partial charge on any atom is -0.396 e. The zero-order valence-corrected chi connectivity index (χ0v) is 21.6. The summed E-state index contributed by atoms with van der Waals surface area (Å²) in [5.74, 6) is 0.201. The molecule has 8 nitrogen and oxygen atoms in total. The molecule has 2 aromatic carbocycles. The SMILES string of the molecule is CC(=O)N1c2ccc(-c3ccc(CC(=O)CC(CO)CO)cc3)cc2[C@H](Nc2ccc(C#N)cn2)C[C@@H]1C. The lowest BCUT2D eigenvalue weighted by Gasteiger charge is -2.39. The number of aliphatic hydroxyl groups is 2. The summed E-state index contributed by atoms with van der Waals surface area (Å²) < 4.78 is 0. The Labute approximate surface area is 222 Å². The summed E-state index contributed by atoms with van der Waals surface area (Å²) in [5, 5.41) is 31.0. The maximum absolute atomic E-state index is 12.5. The van der Waals surface area contributed by atoms with E-state index >= 15 is 0 Å². The van der Waals surface area contributed by atoms with Crippen molar-refractivity contribution in [3.63, 3.8) is 0 Å². The van der Waals surface area contributed by atoms with Crippen LogP contribution < -0.4 is 10.2 Å². The van der Waals surface area contributed by atoms with Crippen LogP contribution in [0.25, 0.3) is 11.1 Å². The van der Waals surface area contributed by atoms with Crippen molar-refractivity contribution >= 4 is 23.2 Å². The number of rotatable bonds is 9. The largest absolute Gasteiger partial charge is 0.396 e. The van der Waals surface area contributed by atoms with Crippen molar-refractivity contribution in [1.29, 1.82) is 5.26 Å². The summed E-state index contributed by atoms with van der Waals surface area (Å²) in [6.45, 7) is 3.18. The molecular formula is C30H32N4O4. The van der Waals surface area contributed by atoms with Gasteiger partial charge in [0.15, 0.2) is 0 Å². The van der Waals surface area contributed by atoms with E-state index in [0.29, 0.717) is 17.8 Å². The zero-order valence-electron chi connectivity index (χ0n) is 21.6. The van der Waals surface area contributed by atoms with Gasteiger partial charge in [-0.15, -0.1) is 0 Å². The average molecular weight is 513 g/mol. The van der Waals surface area contributed by atoms with Gasteiger partial charge in [0.05, 0.1) is 11.6 Å². The Morgan fingerprint density at radius 2 is 1.82 bits per heavy atom. The Kier molecular flexibility index (Phi) is 8.52. The molecule has 2 heterocycles. The minimum absolute atomic E-state index is 0.00480. The number of aromatic nitrogens is 1. The van der Waals surface area contributed by atoms with Crippen molar-refractivity contribution in [2.75, 3.05) is 23.4 Å². The number of carbonyl (C=O) groups excluding carboxylic acids is 2. The molecule has 0 unspecified atom stereocenters. The molecule has 0 bridgehead atoms. The summed E-state index contributed by atoms with van der Waals surface area (Å²) in [4.78, 5) is 31.0. The number of hydrogen-bond acceptors (Lipinski definition) is 7. The molecule has 0 fully saturated rings. The first-order chi connectivity index (χ1) is 18.3. The quantitative estimate of drug-likeness (QED) is 0.395. The Hall–Kier alpha value is -4.06. The highest BCUT2D eigenvalue weighted by Gasteiger charge is 2.32. The molecule has 1 aromatic heterocycles. The molecule has 4 rings (SSSR count). The fourth-order valence-electron chi connectivity index (χ4n) is 5.01. The molecule has 1 amide bonds. The lowest BCUT2D eigenvalue weighted by atomic mass is 9.88. The van der Waals surface area contributed by atoms with Gasteiger partial charge in [-0.1, -0.05) is 30.3 Å². The van der Waals surface area contributed by atoms with Crippen LogP contribution in [0.2, 0.25) is 0 Å². The molecule has 1 aliphatic heterocycles. The number of nitrogens with one attached hydrogen (secondary N) is 1. The number of fused-ring (bicyclic) bond motifs is 1. The molecule has 3 N–H and O–H groups in total. The predicted octanol–water partition coefficient (Wildman–Crippen LogP) is 4.02. The van der Waals surface area contributed by atoms with Gasteiger partial charge in [-0.3, -0.25) is 9.59 Å². The van der Waals surface area contributed by atoms with Crippen LogP contribution in [0.5, 0.6) is 0 Å². The third-order valence-corrected chi connectivity index (χ3v) is 6.96. The Bertz CT molecular complexity index is 1330. The first-order valence-electron chi connectivity index (χ1n) is 12.7. The van der Waals surface area contributed by atoms with Crippen molar-refractivity contribution in [2.24, 2.45) is 5.92 Å². The van der Waals surface area contributed by atoms with Crippen LogP contribution in [-0.2, 0) is 16.0 Å². The van der Waals surface area contributed by atoms with E-state index in [2.05, 4.69) is 22.4 Å². The number of amides is 1. The second-order valence-electron chi connectivity index (χ2n) is 9.84. The van der Waals surface area contributed by atoms with Gasteiger partial charge in [0.2, 0.25) is 5.91 Å². The summed E-state index contributed by atoms with van der Waals surface area (Å²) in [7, 11) is 0. The number of hydrogen-bond donors (Lipinski definition) is 3. The van der Waals surface area contributed by atoms with Crippen LogP contribution in [0.1, 0.15) is 49.4 Å². The minimum atomic E-state index is -0.421. The highest BCUT2D eigenvalue weighted by atomic mass is 16.3. The van der Waals surface area contributed by atoms with E-state index in [1.54, 1.807) is 19.1 Å². The first kappa shape index (κ1) is 27.0. The van der Waals surface area contributed by atoms with Crippen LogP contribution in [-0.4, -0.2) is 46.1 Å². The van der Waals surface area contributed by atoms with Gasteiger partial charge in [0, 0.05) is 56.8 Å². The van der Waals surface area contributed by atoms with Crippen molar-refractivity contribution < 1.29 is 19.8 Å². The van der Waals surface area contributed by atoms with Gasteiger partial charge >= 0.3 is 0 Å². The highest BCUT2D eigenvalue weighted by Crippen LogP contribution is 2.41. The molecular weight excluding hydrogens is 480 g/mol. The molecule has 196 valence electrons. The number of pyridine rings is 1. The number of aliphatic hydroxyl groups excluding tert-OH is 2. The second-order valence-corrected chi connectivity index (χ2v) is 9.84. The van der Waals surface area contributed by atoms with E-state index in [0.717, 1.165) is 27.9 Å². The number of nitrogens with zero attached hydrogens (tertiary/aromatic N) is 3. The molecule has 0 spiro atoms. The van der Waals surface area contributed by atoms with Crippen molar-refractivity contribution in [2.45, 2.75) is 45.2 Å². The maximum atomic E-state index is 12.5. The topological polar surface area (TPSA) is 127 Å². The van der Waals surface area contributed by atoms with Crippen molar-refractivity contribution in [1.82, 2.24) is 4.98 Å². The number of anilines is 2. The van der Waals surface area contributed by atoms with Crippen molar-refractivity contribution in [3.8, 4) is 17.2 Å². The smallest absolute Gasteiger partial charge is 0.224 e. The Balaban J connectivity index is 1.60. The number of benzene rings is 2. The summed E-state index contributed by atoms with van der Waals surface area (Å²) >= 11 is 0. The lowest BCUT2D eigenvalue weighted by molar-refractivity contribution is -0.120. The van der Waals surface area contributed by atoms with E-state index in [4.69, 9.17) is 5.26 Å². The van der Waals surface area contributed by atoms with E-state index in [-0.39, 0.29) is 49.8 Å². The first-order valence-corrected chi connectivity index (χ1v) is 12.7. The van der Waals surface area contributed by atoms with Crippen LogP contribution in [0.4, 0.5) is 11.5 Å². The normalized spacial score (nSPS) is 16.6. The summed E-state index contributed by atoms with van der Waals surface area (Å²) in [5.41, 5.74) is 5.17. The molecule has 0 saturated carbocycles. The van der Waals surface area contributed by atoms with E-state index in [1.165, 1.54) is 6.20 Å². The molecule has 38 heavy (non-hydrogen) atoms. The number of Topliss-reactive ketones (excluding diaryl/α,β-unsaturated/α-hetero) is 1. The average Bonchev–Trinajstić information content (AvgIpc) is 2.92. The molecule has 2 atom stereocenters. The Morgan fingerprint density at radius 3 is 2.42 bits per heavy atom. The molecule has 0 aliphatic carbocycles. The van der Waals surface area contributed by atoms with Gasteiger partial charge in [-0.25, -0.2) is 4.98 Å². The van der Waals surface area contributed by atoms with Crippen LogP contribution in [0.3, 0.4) is 0 Å². The zero-order chi connectivity index (χ0) is 27.2. The molecule has 8 heteroatoms. The lowest BCUT2D eigenvalue weighted by Crippen LogP contribution is -2.43. The van der Waals surface area contributed by atoms with E-state index in [9.17, 15) is 19.8 Å². The Morgan fingerprint density at radius 1 is 1.11 bits per heavy atom. The predicted molar refractivity (Wildman–Crippen MR) is 145 cm³/mol. The molecule has 1 aliphatic rings. The molecule has 3 aromatic rings. The fourth-order valence-corrected chi connectivity index (χ4v) is 5.01. The van der Waals surface area contributed by atoms with Gasteiger partial charge in [-0.05, 0) is 59.9 Å². The number of carbonyl (C=O) groups is 2. The molecule has 0 saturated heterocycles. The molecule has 0 radical (unpaired) electrons. The van der Waals surface area contributed by atoms with E-state index < -0.39 is 5.92 Å². The maximum Gasteiger partial charge on any atom is 0.224 e. The highest BCUT2D eigenvalue weighted by molar-refractivity contribution is 5.94. The van der Waals surface area contributed by atoms with Gasteiger partial charge in [0.25, 0.3) is 0 Å². The van der Waals surface area contributed by atoms with Gasteiger partial charge in [0.1, 0.15) is 17.7 Å². The third-order valence-electron chi connectivity index (χ3n) is 6.96. The van der Waals surface area contributed by atoms with Crippen molar-refractivity contribution in [3.05, 3.63) is 77.5 Å². The fraction of sp³-hybridized carbons (Fsp3) is 0.333. The second kappa shape index (κ2) is 12.0. The summed E-state index contributed by atoms with van der Waals surface area (Å²) in [6.07, 6.45) is 2.62. The third kappa shape index (κ3) is 6.08. The monoisotopic (exact) mass is 512 g/mol.